The SMILES string of the molecule is COc1cccc(CNCC2(COc3ccc(S(C)(=O)=O)cc3)C[C@@H](O)[C@@H](O)C2)c1. The zero-order chi connectivity index (χ0) is 21.8. The Kier molecular flexibility index (Phi) is 7.02. The fourth-order valence-corrected chi connectivity index (χ4v) is 4.46. The number of methoxy groups -OCH3 is 1. The van der Waals surface area contributed by atoms with E-state index >= 15 is 0 Å². The largest absolute Gasteiger partial charge is 0.497 e. The van der Waals surface area contributed by atoms with Crippen LogP contribution in [-0.2, 0) is 16.4 Å². The Labute approximate surface area is 177 Å². The van der Waals surface area contributed by atoms with Gasteiger partial charge in [-0.25, -0.2) is 8.42 Å². The second-order valence-corrected chi connectivity index (χ2v) is 10.0. The molecule has 0 heterocycles. The molecule has 30 heavy (non-hydrogen) atoms. The second kappa shape index (κ2) is 9.34. The molecule has 7 nitrogen and oxygen atoms in total. The van der Waals surface area contributed by atoms with Crippen LogP contribution in [0.2, 0.25) is 0 Å². The fraction of sp³-hybridized carbons (Fsp3) is 0.455. The highest BCUT2D eigenvalue weighted by molar-refractivity contribution is 7.90. The van der Waals surface area contributed by atoms with Gasteiger partial charge in [-0.15, -0.1) is 0 Å². The van der Waals surface area contributed by atoms with Gasteiger partial charge in [-0.2, -0.15) is 0 Å². The number of sulfone groups is 1. The molecule has 1 aliphatic carbocycles. The van der Waals surface area contributed by atoms with E-state index in [1.165, 1.54) is 12.1 Å². The lowest BCUT2D eigenvalue weighted by atomic mass is 9.86. The van der Waals surface area contributed by atoms with Gasteiger partial charge in [0.1, 0.15) is 11.5 Å². The monoisotopic (exact) mass is 435 g/mol. The topological polar surface area (TPSA) is 105 Å². The van der Waals surface area contributed by atoms with Gasteiger partial charge < -0.3 is 25.0 Å². The standard InChI is InChI=1S/C22H29NO6S/c1-28-18-5-3-4-16(10-18)13-23-14-22(11-20(24)21(25)12-22)15-29-17-6-8-19(9-7-17)30(2,26)27/h3-10,20-21,23-25H,11-15H2,1-2H3/t20-,21+,22?. The molecule has 1 fully saturated rings. The quantitative estimate of drug-likeness (QED) is 0.551. The molecular formula is C22H29NO6S. The van der Waals surface area contributed by atoms with Crippen molar-refractivity contribution in [1.29, 1.82) is 0 Å². The van der Waals surface area contributed by atoms with E-state index in [1.807, 2.05) is 24.3 Å². The van der Waals surface area contributed by atoms with Gasteiger partial charge in [0.2, 0.25) is 0 Å². The average Bonchev–Trinajstić information content (AvgIpc) is 3.00. The second-order valence-electron chi connectivity index (χ2n) is 8.03. The van der Waals surface area contributed by atoms with Crippen molar-refractivity contribution in [1.82, 2.24) is 5.32 Å². The number of aliphatic hydroxyl groups is 2. The van der Waals surface area contributed by atoms with E-state index in [-0.39, 0.29) is 4.90 Å². The molecule has 2 aromatic rings. The Morgan fingerprint density at radius 1 is 1.07 bits per heavy atom. The first kappa shape index (κ1) is 22.6. The summed E-state index contributed by atoms with van der Waals surface area (Å²) in [6.07, 6.45) is 0.411. The van der Waals surface area contributed by atoms with Crippen LogP contribution >= 0.6 is 0 Å². The van der Waals surface area contributed by atoms with Crippen LogP contribution in [0.15, 0.2) is 53.4 Å². The van der Waals surface area contributed by atoms with Crippen molar-refractivity contribution in [3.63, 3.8) is 0 Å². The van der Waals surface area contributed by atoms with Crippen LogP contribution in [-0.4, -0.2) is 57.4 Å². The predicted octanol–water partition coefficient (Wildman–Crippen LogP) is 1.77. The van der Waals surface area contributed by atoms with Crippen LogP contribution in [0, 0.1) is 5.41 Å². The van der Waals surface area contributed by atoms with Gasteiger partial charge in [0.05, 0.1) is 30.8 Å². The lowest BCUT2D eigenvalue weighted by molar-refractivity contribution is 0.0438. The third-order valence-corrected chi connectivity index (χ3v) is 6.62. The summed E-state index contributed by atoms with van der Waals surface area (Å²) in [5.41, 5.74) is 0.633. The number of rotatable bonds is 9. The summed E-state index contributed by atoms with van der Waals surface area (Å²) in [5, 5.41) is 23.7. The van der Waals surface area contributed by atoms with Crippen molar-refractivity contribution < 1.29 is 28.1 Å². The minimum atomic E-state index is -3.26. The number of ether oxygens (including phenoxy) is 2. The Morgan fingerprint density at radius 2 is 1.73 bits per heavy atom. The first-order valence-electron chi connectivity index (χ1n) is 9.83. The lowest BCUT2D eigenvalue weighted by Crippen LogP contribution is -2.37. The van der Waals surface area contributed by atoms with Crippen molar-refractivity contribution in [2.75, 3.05) is 26.5 Å². The molecule has 0 spiro atoms. The van der Waals surface area contributed by atoms with Crippen molar-refractivity contribution >= 4 is 9.84 Å². The number of nitrogens with one attached hydrogen (secondary N) is 1. The molecule has 3 rings (SSSR count). The third kappa shape index (κ3) is 5.72. The summed E-state index contributed by atoms with van der Waals surface area (Å²) in [7, 11) is -1.63. The van der Waals surface area contributed by atoms with Gasteiger partial charge in [0.25, 0.3) is 0 Å². The maximum absolute atomic E-state index is 11.6. The smallest absolute Gasteiger partial charge is 0.175 e. The highest BCUT2D eigenvalue weighted by Crippen LogP contribution is 2.39. The Morgan fingerprint density at radius 3 is 2.33 bits per heavy atom. The zero-order valence-electron chi connectivity index (χ0n) is 17.2. The summed E-state index contributed by atoms with van der Waals surface area (Å²) in [4.78, 5) is 0.233. The van der Waals surface area contributed by atoms with Gasteiger partial charge in [0, 0.05) is 24.8 Å². The molecule has 0 bridgehead atoms. The summed E-state index contributed by atoms with van der Waals surface area (Å²) in [6.45, 7) is 1.47. The first-order chi connectivity index (χ1) is 14.2. The maximum atomic E-state index is 11.6. The van der Waals surface area contributed by atoms with Crippen molar-refractivity contribution in [2.24, 2.45) is 5.41 Å². The highest BCUT2D eigenvalue weighted by atomic mass is 32.2. The molecule has 164 valence electrons. The Balaban J connectivity index is 1.63. The predicted molar refractivity (Wildman–Crippen MR) is 113 cm³/mol. The minimum absolute atomic E-state index is 0.233. The van der Waals surface area contributed by atoms with E-state index in [2.05, 4.69) is 5.32 Å². The van der Waals surface area contributed by atoms with E-state index in [9.17, 15) is 18.6 Å². The van der Waals surface area contributed by atoms with Crippen LogP contribution in [0.25, 0.3) is 0 Å². The average molecular weight is 436 g/mol. The Bertz CT molecular complexity index is 934. The molecule has 1 unspecified atom stereocenters. The lowest BCUT2D eigenvalue weighted by Gasteiger charge is -2.29. The molecule has 3 atom stereocenters. The van der Waals surface area contributed by atoms with Gasteiger partial charge in [0.15, 0.2) is 9.84 Å². The molecule has 0 amide bonds. The summed E-state index contributed by atoms with van der Waals surface area (Å²) >= 11 is 0. The van der Waals surface area contributed by atoms with Crippen LogP contribution in [0.1, 0.15) is 18.4 Å². The van der Waals surface area contributed by atoms with Gasteiger partial charge in [-0.1, -0.05) is 12.1 Å². The van der Waals surface area contributed by atoms with Crippen LogP contribution in [0.5, 0.6) is 11.5 Å². The van der Waals surface area contributed by atoms with E-state index in [0.29, 0.717) is 38.3 Å². The number of hydrogen-bond acceptors (Lipinski definition) is 7. The van der Waals surface area contributed by atoms with Crippen molar-refractivity contribution in [3.05, 3.63) is 54.1 Å². The molecule has 0 saturated heterocycles. The third-order valence-electron chi connectivity index (χ3n) is 5.49. The van der Waals surface area contributed by atoms with Gasteiger partial charge in [-0.05, 0) is 54.8 Å². The number of aliphatic hydroxyl groups excluding tert-OH is 2. The summed E-state index contributed by atoms with van der Waals surface area (Å²) in [5.74, 6) is 1.34. The molecule has 1 saturated carbocycles. The molecular weight excluding hydrogens is 406 g/mol. The molecule has 3 N–H and O–H groups in total. The maximum Gasteiger partial charge on any atom is 0.175 e. The summed E-state index contributed by atoms with van der Waals surface area (Å²) in [6, 6.07) is 14.0. The van der Waals surface area contributed by atoms with E-state index in [1.54, 1.807) is 19.2 Å². The van der Waals surface area contributed by atoms with E-state index < -0.39 is 27.5 Å². The first-order valence-corrected chi connectivity index (χ1v) is 11.7. The highest BCUT2D eigenvalue weighted by Gasteiger charge is 2.44. The Hall–Kier alpha value is -2.13. The summed E-state index contributed by atoms with van der Waals surface area (Å²) < 4.78 is 34.4. The normalized spacial score (nSPS) is 24.0. The van der Waals surface area contributed by atoms with E-state index in [0.717, 1.165) is 17.6 Å². The number of hydrogen-bond donors (Lipinski definition) is 3. The van der Waals surface area contributed by atoms with E-state index in [4.69, 9.17) is 9.47 Å². The molecule has 8 heteroatoms. The zero-order valence-corrected chi connectivity index (χ0v) is 18.1. The molecule has 1 aliphatic rings. The molecule has 0 aliphatic heterocycles. The van der Waals surface area contributed by atoms with Crippen LogP contribution < -0.4 is 14.8 Å². The van der Waals surface area contributed by atoms with Crippen molar-refractivity contribution in [3.8, 4) is 11.5 Å². The van der Waals surface area contributed by atoms with Crippen LogP contribution in [0.3, 0.4) is 0 Å². The minimum Gasteiger partial charge on any atom is -0.497 e. The molecule has 0 radical (unpaired) electrons. The molecule has 2 aromatic carbocycles. The number of benzene rings is 2. The van der Waals surface area contributed by atoms with Gasteiger partial charge in [-0.3, -0.25) is 0 Å². The van der Waals surface area contributed by atoms with Crippen LogP contribution in [0.4, 0.5) is 0 Å². The van der Waals surface area contributed by atoms with Gasteiger partial charge >= 0.3 is 0 Å². The molecule has 0 aromatic heterocycles. The fourth-order valence-electron chi connectivity index (χ4n) is 3.83. The van der Waals surface area contributed by atoms with Crippen molar-refractivity contribution in [2.45, 2.75) is 36.5 Å².